The fourth-order valence-corrected chi connectivity index (χ4v) is 3.39. The van der Waals surface area contributed by atoms with E-state index in [9.17, 15) is 13.2 Å². The molecule has 0 bridgehead atoms. The molecule has 0 fully saturated rings. The molecule has 2 rings (SSSR count). The molecule has 0 unspecified atom stereocenters. The minimum Gasteiger partial charge on any atom is -0.330 e. The highest BCUT2D eigenvalue weighted by atomic mass is 35.5. The zero-order valence-corrected chi connectivity index (χ0v) is 13.5. The van der Waals surface area contributed by atoms with Gasteiger partial charge in [0.25, 0.3) is 0 Å². The molecule has 8 heteroatoms. The Morgan fingerprint density at radius 1 is 1.43 bits per heavy atom. The molecular formula is C13H20ClN3O3S. The number of rotatable bonds is 5. The number of benzene rings is 1. The SMILES string of the molecule is CC(=O)N1CCc2cc(S(=O)(=O)NCCCN)ccc21.Cl. The number of nitrogens with zero attached hydrogens (tertiary/aromatic N) is 1. The van der Waals surface area contributed by atoms with E-state index < -0.39 is 10.0 Å². The molecular weight excluding hydrogens is 314 g/mol. The Morgan fingerprint density at radius 3 is 2.76 bits per heavy atom. The van der Waals surface area contributed by atoms with Crippen LogP contribution in [0.1, 0.15) is 18.9 Å². The zero-order valence-electron chi connectivity index (χ0n) is 11.8. The molecule has 0 spiro atoms. The lowest BCUT2D eigenvalue weighted by atomic mass is 10.2. The third-order valence-electron chi connectivity index (χ3n) is 3.31. The van der Waals surface area contributed by atoms with Crippen molar-refractivity contribution in [3.05, 3.63) is 23.8 Å². The predicted octanol–water partition coefficient (Wildman–Crippen LogP) is 0.645. The molecule has 1 aliphatic rings. The molecule has 1 heterocycles. The first-order valence-corrected chi connectivity index (χ1v) is 8.05. The van der Waals surface area contributed by atoms with Crippen molar-refractivity contribution >= 4 is 34.0 Å². The van der Waals surface area contributed by atoms with Gasteiger partial charge in [-0.2, -0.15) is 0 Å². The molecule has 1 aromatic carbocycles. The van der Waals surface area contributed by atoms with Crippen molar-refractivity contribution in [2.24, 2.45) is 5.73 Å². The van der Waals surface area contributed by atoms with E-state index in [1.165, 1.54) is 13.0 Å². The van der Waals surface area contributed by atoms with Crippen LogP contribution in [0.4, 0.5) is 5.69 Å². The van der Waals surface area contributed by atoms with Crippen LogP contribution < -0.4 is 15.4 Å². The van der Waals surface area contributed by atoms with Gasteiger partial charge in [-0.25, -0.2) is 13.1 Å². The lowest BCUT2D eigenvalue weighted by Gasteiger charge is -2.15. The first-order valence-electron chi connectivity index (χ1n) is 6.56. The fraction of sp³-hybridized carbons (Fsp3) is 0.462. The lowest BCUT2D eigenvalue weighted by Crippen LogP contribution is -2.26. The number of hydrogen-bond donors (Lipinski definition) is 2. The molecule has 1 aromatic rings. The van der Waals surface area contributed by atoms with Gasteiger partial charge in [-0.05, 0) is 43.1 Å². The Kier molecular flexibility index (Phi) is 6.15. The summed E-state index contributed by atoms with van der Waals surface area (Å²) < 4.78 is 26.7. The Morgan fingerprint density at radius 2 is 2.14 bits per heavy atom. The van der Waals surface area contributed by atoms with Crippen LogP contribution in [0, 0.1) is 0 Å². The third kappa shape index (κ3) is 3.94. The Bertz CT molecular complexity index is 619. The van der Waals surface area contributed by atoms with E-state index in [0.717, 1.165) is 11.3 Å². The molecule has 0 saturated carbocycles. The highest BCUT2D eigenvalue weighted by molar-refractivity contribution is 7.89. The molecule has 3 N–H and O–H groups in total. The van der Waals surface area contributed by atoms with Gasteiger partial charge < -0.3 is 10.6 Å². The molecule has 21 heavy (non-hydrogen) atoms. The number of anilines is 1. The number of hydrogen-bond acceptors (Lipinski definition) is 4. The number of carbonyl (C=O) groups excluding carboxylic acids is 1. The maximum Gasteiger partial charge on any atom is 0.240 e. The summed E-state index contributed by atoms with van der Waals surface area (Å²) in [6, 6.07) is 4.87. The standard InChI is InChI=1S/C13H19N3O3S.ClH/c1-10(17)16-8-5-11-9-12(3-4-13(11)16)20(18,19)15-7-2-6-14;/h3-4,9,15H,2,5-8,14H2,1H3;1H. The molecule has 1 aliphatic heterocycles. The van der Waals surface area contributed by atoms with Crippen LogP contribution in [0.3, 0.4) is 0 Å². The first-order chi connectivity index (χ1) is 9.45. The second-order valence-electron chi connectivity index (χ2n) is 4.75. The third-order valence-corrected chi connectivity index (χ3v) is 4.77. The Hall–Kier alpha value is -1.15. The van der Waals surface area contributed by atoms with E-state index in [0.29, 0.717) is 32.5 Å². The minimum atomic E-state index is -3.50. The fourth-order valence-electron chi connectivity index (χ4n) is 2.26. The van der Waals surface area contributed by atoms with E-state index >= 15 is 0 Å². The van der Waals surface area contributed by atoms with Crippen LogP contribution in [0.2, 0.25) is 0 Å². The van der Waals surface area contributed by atoms with Gasteiger partial charge in [-0.1, -0.05) is 0 Å². The van der Waals surface area contributed by atoms with E-state index in [-0.39, 0.29) is 23.2 Å². The summed E-state index contributed by atoms with van der Waals surface area (Å²) in [5, 5.41) is 0. The number of amides is 1. The largest absolute Gasteiger partial charge is 0.330 e. The topological polar surface area (TPSA) is 92.5 Å². The van der Waals surface area contributed by atoms with Crippen molar-refractivity contribution in [2.45, 2.75) is 24.7 Å². The molecule has 0 atom stereocenters. The van der Waals surface area contributed by atoms with Crippen molar-refractivity contribution in [1.82, 2.24) is 4.72 Å². The maximum absolute atomic E-state index is 12.1. The van der Waals surface area contributed by atoms with Crippen molar-refractivity contribution in [3.8, 4) is 0 Å². The molecule has 6 nitrogen and oxygen atoms in total. The summed E-state index contributed by atoms with van der Waals surface area (Å²) in [5.74, 6) is -0.0274. The summed E-state index contributed by atoms with van der Waals surface area (Å²) in [6.07, 6.45) is 1.28. The monoisotopic (exact) mass is 333 g/mol. The van der Waals surface area contributed by atoms with Gasteiger partial charge in [-0.15, -0.1) is 12.4 Å². The van der Waals surface area contributed by atoms with Crippen molar-refractivity contribution in [2.75, 3.05) is 24.5 Å². The van der Waals surface area contributed by atoms with Gasteiger partial charge in [0, 0.05) is 25.7 Å². The second-order valence-corrected chi connectivity index (χ2v) is 6.52. The van der Waals surface area contributed by atoms with Gasteiger partial charge in [0.2, 0.25) is 15.9 Å². The number of halogens is 1. The van der Waals surface area contributed by atoms with Crippen molar-refractivity contribution in [1.29, 1.82) is 0 Å². The molecule has 0 aromatic heterocycles. The smallest absolute Gasteiger partial charge is 0.240 e. The number of sulfonamides is 1. The van der Waals surface area contributed by atoms with Crippen LogP contribution in [-0.4, -0.2) is 34.0 Å². The molecule has 0 saturated heterocycles. The van der Waals surface area contributed by atoms with Gasteiger partial charge in [-0.3, -0.25) is 4.79 Å². The van der Waals surface area contributed by atoms with Crippen molar-refractivity contribution < 1.29 is 13.2 Å². The number of nitrogens with two attached hydrogens (primary N) is 1. The summed E-state index contributed by atoms with van der Waals surface area (Å²) in [6.45, 7) is 2.89. The highest BCUT2D eigenvalue weighted by Crippen LogP contribution is 2.30. The van der Waals surface area contributed by atoms with Crippen LogP contribution in [0.25, 0.3) is 0 Å². The Labute approximate surface area is 131 Å². The van der Waals surface area contributed by atoms with Gasteiger partial charge in [0.15, 0.2) is 0 Å². The first kappa shape index (κ1) is 17.9. The summed E-state index contributed by atoms with van der Waals surface area (Å²) in [5.41, 5.74) is 7.04. The number of fused-ring (bicyclic) bond motifs is 1. The van der Waals surface area contributed by atoms with Gasteiger partial charge in [0.05, 0.1) is 4.90 Å². The second kappa shape index (κ2) is 7.22. The summed E-state index contributed by atoms with van der Waals surface area (Å²) >= 11 is 0. The van der Waals surface area contributed by atoms with Crippen LogP contribution in [-0.2, 0) is 21.2 Å². The molecule has 118 valence electrons. The maximum atomic E-state index is 12.1. The van der Waals surface area contributed by atoms with Crippen molar-refractivity contribution in [3.63, 3.8) is 0 Å². The van der Waals surface area contributed by atoms with Crippen LogP contribution >= 0.6 is 12.4 Å². The van der Waals surface area contributed by atoms with Gasteiger partial charge in [0.1, 0.15) is 0 Å². The van der Waals surface area contributed by atoms with E-state index in [1.54, 1.807) is 17.0 Å². The molecule has 1 amide bonds. The zero-order chi connectivity index (χ0) is 14.8. The average molecular weight is 334 g/mol. The van der Waals surface area contributed by atoms with E-state index in [1.807, 2.05) is 0 Å². The average Bonchev–Trinajstić information content (AvgIpc) is 2.81. The predicted molar refractivity (Wildman–Crippen MR) is 84.3 cm³/mol. The normalized spacial score (nSPS) is 13.7. The van der Waals surface area contributed by atoms with Crippen LogP contribution in [0.5, 0.6) is 0 Å². The minimum absolute atomic E-state index is 0. The Balaban J connectivity index is 0.00000220. The molecule has 0 radical (unpaired) electrons. The van der Waals surface area contributed by atoms with E-state index in [2.05, 4.69) is 4.72 Å². The van der Waals surface area contributed by atoms with E-state index in [4.69, 9.17) is 5.73 Å². The lowest BCUT2D eigenvalue weighted by molar-refractivity contribution is -0.116. The van der Waals surface area contributed by atoms with Gasteiger partial charge >= 0.3 is 0 Å². The summed E-state index contributed by atoms with van der Waals surface area (Å²) in [4.78, 5) is 13.3. The summed E-state index contributed by atoms with van der Waals surface area (Å²) in [7, 11) is -3.50. The number of carbonyl (C=O) groups is 1. The quantitative estimate of drug-likeness (QED) is 0.774. The van der Waals surface area contributed by atoms with Crippen LogP contribution in [0.15, 0.2) is 23.1 Å². The highest BCUT2D eigenvalue weighted by Gasteiger charge is 2.24. The molecule has 0 aliphatic carbocycles. The number of nitrogens with one attached hydrogen (secondary N) is 1.